The third-order valence-electron chi connectivity index (χ3n) is 9.22. The fourth-order valence-corrected chi connectivity index (χ4v) is 9.43. The number of fused-ring (bicyclic) bond motifs is 1. The van der Waals surface area contributed by atoms with Gasteiger partial charge in [-0.05, 0) is 25.7 Å². The largest absolute Gasteiger partial charge is 0.481 e. The molecule has 2 amide bonds. The van der Waals surface area contributed by atoms with Gasteiger partial charge in [0.2, 0.25) is 11.8 Å². The Balaban J connectivity index is 1.38. The van der Waals surface area contributed by atoms with Gasteiger partial charge in [-0.1, -0.05) is 63.9 Å². The van der Waals surface area contributed by atoms with E-state index < -0.39 is 90.7 Å². The summed E-state index contributed by atoms with van der Waals surface area (Å²) in [6.45, 7) is 2.53. The molecular weight excluding hydrogens is 919 g/mol. The maximum Gasteiger partial charge on any atom is 0.481 e. The smallest absolute Gasteiger partial charge is 0.393 e. The highest BCUT2D eigenvalue weighted by Crippen LogP contribution is 2.61. The summed E-state index contributed by atoms with van der Waals surface area (Å²) < 4.78 is 62.3. The number of phosphoric acid groups is 3. The Morgan fingerprint density at radius 1 is 1.00 bits per heavy atom. The van der Waals surface area contributed by atoms with Crippen LogP contribution in [0.5, 0.6) is 0 Å². The summed E-state index contributed by atoms with van der Waals surface area (Å²) in [7, 11) is -16.4. The molecule has 8 atom stereocenters. The minimum absolute atomic E-state index is 0.00909. The average Bonchev–Trinajstić information content (AvgIpc) is 3.75. The van der Waals surface area contributed by atoms with Crippen LogP contribution in [0.1, 0.15) is 84.8 Å². The van der Waals surface area contributed by atoms with Crippen molar-refractivity contribution < 1.29 is 85.6 Å². The average molecular weight is 978 g/mol. The number of hydrogen-bond donors (Lipinski definition) is 10. The molecule has 29 heteroatoms. The molecule has 2 aromatic heterocycles. The number of hydrogen-bond acceptors (Lipinski definition) is 19. The number of aliphatic hydroxyl groups excluding tert-OH is 3. The van der Waals surface area contributed by atoms with Crippen LogP contribution in [0.15, 0.2) is 24.8 Å². The third-order valence-corrected chi connectivity index (χ3v) is 13.2. The fraction of sp³-hybridized carbons (Fsp3) is 0.706. The van der Waals surface area contributed by atoms with Gasteiger partial charge in [0.15, 0.2) is 22.8 Å². The van der Waals surface area contributed by atoms with Gasteiger partial charge in [-0.25, -0.2) is 28.6 Å². The maximum atomic E-state index is 12.7. The van der Waals surface area contributed by atoms with Crippen molar-refractivity contribution in [2.75, 3.05) is 37.8 Å². The second-order valence-corrected chi connectivity index (χ2v) is 20.4. The van der Waals surface area contributed by atoms with Crippen molar-refractivity contribution in [2.24, 2.45) is 5.41 Å². The van der Waals surface area contributed by atoms with Gasteiger partial charge in [0.05, 0.1) is 25.6 Å². The highest BCUT2D eigenvalue weighted by molar-refractivity contribution is 8.13. The van der Waals surface area contributed by atoms with E-state index in [9.17, 15) is 63.0 Å². The van der Waals surface area contributed by atoms with E-state index in [1.54, 1.807) is 0 Å². The molecule has 0 aromatic carbocycles. The second kappa shape index (κ2) is 25.2. The van der Waals surface area contributed by atoms with E-state index in [1.165, 1.54) is 33.1 Å². The first-order valence-corrected chi connectivity index (χ1v) is 25.3. The first kappa shape index (κ1) is 54.6. The van der Waals surface area contributed by atoms with Crippen molar-refractivity contribution in [3.63, 3.8) is 0 Å². The van der Waals surface area contributed by atoms with E-state index in [-0.39, 0.29) is 53.8 Å². The quantitative estimate of drug-likeness (QED) is 0.0315. The Morgan fingerprint density at radius 2 is 1.70 bits per heavy atom. The van der Waals surface area contributed by atoms with Gasteiger partial charge >= 0.3 is 23.5 Å². The first-order chi connectivity index (χ1) is 29.4. The number of amides is 2. The highest BCUT2D eigenvalue weighted by Gasteiger charge is 2.50. The summed E-state index contributed by atoms with van der Waals surface area (Å²) in [5.74, 6) is -1.25. The van der Waals surface area contributed by atoms with Crippen LogP contribution in [-0.4, -0.2) is 134 Å². The molecule has 0 saturated carbocycles. The van der Waals surface area contributed by atoms with E-state index in [0.29, 0.717) is 12.8 Å². The van der Waals surface area contributed by atoms with E-state index >= 15 is 0 Å². The van der Waals surface area contributed by atoms with Crippen LogP contribution in [0.4, 0.5) is 5.82 Å². The minimum Gasteiger partial charge on any atom is -0.393 e. The van der Waals surface area contributed by atoms with Crippen LogP contribution in [0.25, 0.3) is 11.2 Å². The molecule has 0 radical (unpaired) electrons. The highest BCUT2D eigenvalue weighted by atomic mass is 32.2. The standard InChI is InChI=1S/C34H58N7O18P3S/c1-4-5-6-7-8-9-10-11-12-22(42)17-25(44)63-16-15-36-24(43)13-14-37-32(47)29(46)34(2,3)19-56-62(53,54)59-61(51,52)55-18-23-28(58-60(48,49)50)27(45)33(57-23)41-21-40-26-30(35)38-20-39-31(26)41/h9-10,20-23,27-29,33,42,45-46H,4-8,11-19H2,1-3H3,(H,36,43)(H,37,47)(H,51,52)(H,53,54)(H2,35,38,39)(H2,48,49,50)/b10-9+/t22-,23-,27-,28-,29+,33-/m1/s1. The van der Waals surface area contributed by atoms with Crippen LogP contribution < -0.4 is 16.4 Å². The lowest BCUT2D eigenvalue weighted by atomic mass is 9.87. The molecule has 3 heterocycles. The first-order valence-electron chi connectivity index (χ1n) is 19.8. The summed E-state index contributed by atoms with van der Waals surface area (Å²) in [6.07, 6.45) is 3.20. The summed E-state index contributed by atoms with van der Waals surface area (Å²) in [6, 6.07) is 0. The number of aliphatic hydroxyl groups is 3. The van der Waals surface area contributed by atoms with Crippen molar-refractivity contribution in [3.8, 4) is 0 Å². The van der Waals surface area contributed by atoms with Crippen LogP contribution in [0, 0.1) is 5.41 Å². The van der Waals surface area contributed by atoms with Crippen LogP contribution in [0.2, 0.25) is 0 Å². The lowest BCUT2D eigenvalue weighted by Gasteiger charge is -2.30. The van der Waals surface area contributed by atoms with Crippen molar-refractivity contribution >= 4 is 69.1 Å². The van der Waals surface area contributed by atoms with E-state index in [4.69, 9.17) is 19.5 Å². The van der Waals surface area contributed by atoms with Gasteiger partial charge < -0.3 is 56.0 Å². The number of nitrogens with two attached hydrogens (primary N) is 1. The predicted molar refractivity (Wildman–Crippen MR) is 225 cm³/mol. The lowest BCUT2D eigenvalue weighted by molar-refractivity contribution is -0.137. The zero-order valence-corrected chi connectivity index (χ0v) is 38.4. The zero-order valence-electron chi connectivity index (χ0n) is 34.9. The Kier molecular flexibility index (Phi) is 21.9. The molecule has 25 nitrogen and oxygen atoms in total. The fourth-order valence-electron chi connectivity index (χ4n) is 5.86. The van der Waals surface area contributed by atoms with Crippen LogP contribution in [-0.2, 0) is 50.7 Å². The molecule has 1 aliphatic rings. The topological polar surface area (TPSA) is 384 Å². The molecular formula is C34H58N7O18P3S. The number of anilines is 1. The number of carbonyl (C=O) groups excluding carboxylic acids is 3. The number of rotatable bonds is 29. The Labute approximate surface area is 367 Å². The number of aromatic nitrogens is 4. The number of thioether (sulfide) groups is 1. The number of nitrogens with zero attached hydrogens (tertiary/aromatic N) is 4. The summed E-state index contributed by atoms with van der Waals surface area (Å²) >= 11 is 0.975. The van der Waals surface area contributed by atoms with Crippen LogP contribution >= 0.6 is 35.2 Å². The molecule has 0 bridgehead atoms. The molecule has 2 unspecified atom stereocenters. The van der Waals surface area contributed by atoms with Crippen molar-refractivity contribution in [1.82, 2.24) is 30.2 Å². The van der Waals surface area contributed by atoms with Gasteiger partial charge in [-0.15, -0.1) is 0 Å². The molecule has 1 saturated heterocycles. The van der Waals surface area contributed by atoms with Gasteiger partial charge in [-0.2, -0.15) is 4.31 Å². The monoisotopic (exact) mass is 977 g/mol. The summed E-state index contributed by atoms with van der Waals surface area (Å²) in [4.78, 5) is 88.1. The van der Waals surface area contributed by atoms with Crippen molar-refractivity contribution in [2.45, 2.75) is 115 Å². The maximum absolute atomic E-state index is 12.7. The summed E-state index contributed by atoms with van der Waals surface area (Å²) in [5.41, 5.74) is 4.24. The van der Waals surface area contributed by atoms with Gasteiger partial charge in [0.1, 0.15) is 36.3 Å². The number of carbonyl (C=O) groups is 3. The van der Waals surface area contributed by atoms with Crippen molar-refractivity contribution in [1.29, 1.82) is 0 Å². The number of ether oxygens (including phenoxy) is 1. The number of unbranched alkanes of at least 4 members (excludes halogenated alkanes) is 4. The van der Waals surface area contributed by atoms with Gasteiger partial charge in [-0.3, -0.25) is 32.5 Å². The third kappa shape index (κ3) is 18.9. The normalized spacial score (nSPS) is 21.2. The van der Waals surface area contributed by atoms with E-state index in [2.05, 4.69) is 47.4 Å². The summed E-state index contributed by atoms with van der Waals surface area (Å²) in [5, 5.41) is 36.4. The Bertz CT molecular complexity index is 1990. The number of allylic oxidation sites excluding steroid dienone is 2. The number of phosphoric ester groups is 3. The van der Waals surface area contributed by atoms with Gasteiger partial charge in [0.25, 0.3) is 0 Å². The molecule has 63 heavy (non-hydrogen) atoms. The molecule has 0 spiro atoms. The molecule has 2 aromatic rings. The molecule has 3 rings (SSSR count). The molecule has 358 valence electrons. The SMILES string of the molecule is CCCCCC/C=C/CC[C@@H](O)CC(=O)SCCNC(=O)CCNC(=O)[C@H](O)C(C)(C)COP(=O)(O)OP(=O)(O)OC[C@H]1O[C@@H](n2cnc3c(N)ncnc32)[C@H](O)[C@@H]1OP(=O)(O)O. The molecule has 1 fully saturated rings. The Hall–Kier alpha value is -2.74. The number of nitrogen functional groups attached to an aromatic ring is 1. The molecule has 1 aliphatic heterocycles. The predicted octanol–water partition coefficient (Wildman–Crippen LogP) is 1.72. The lowest BCUT2D eigenvalue weighted by Crippen LogP contribution is -2.46. The number of imidazole rings is 1. The van der Waals surface area contributed by atoms with Crippen LogP contribution in [0.3, 0.4) is 0 Å². The van der Waals surface area contributed by atoms with Gasteiger partial charge in [0, 0.05) is 37.1 Å². The second-order valence-electron chi connectivity index (χ2n) is 15.0. The molecule has 11 N–H and O–H groups in total. The Morgan fingerprint density at radius 3 is 2.40 bits per heavy atom. The van der Waals surface area contributed by atoms with E-state index in [1.807, 2.05) is 6.08 Å². The van der Waals surface area contributed by atoms with E-state index in [0.717, 1.165) is 41.8 Å². The minimum atomic E-state index is -5.58. The zero-order chi connectivity index (χ0) is 47.0. The number of nitrogens with one attached hydrogen (secondary N) is 2. The molecule has 0 aliphatic carbocycles. The van der Waals surface area contributed by atoms with Crippen molar-refractivity contribution in [3.05, 3.63) is 24.8 Å².